The van der Waals surface area contributed by atoms with Gasteiger partial charge in [0.25, 0.3) is 5.91 Å². The first-order valence-corrected chi connectivity index (χ1v) is 7.78. The van der Waals surface area contributed by atoms with Crippen LogP contribution < -0.4 is 10.1 Å². The average molecular weight is 290 g/mol. The second-order valence-corrected chi connectivity index (χ2v) is 5.96. The molecule has 2 rings (SSSR count). The van der Waals surface area contributed by atoms with Gasteiger partial charge >= 0.3 is 0 Å². The van der Waals surface area contributed by atoms with Gasteiger partial charge in [-0.05, 0) is 63.9 Å². The van der Waals surface area contributed by atoms with Crippen molar-refractivity contribution in [3.63, 3.8) is 0 Å². The fraction of sp³-hybridized carbons (Fsp3) is 0.588. The maximum absolute atomic E-state index is 12.0. The van der Waals surface area contributed by atoms with E-state index in [0.29, 0.717) is 6.54 Å². The number of hydrogen-bond acceptors (Lipinski definition) is 3. The molecular weight excluding hydrogens is 264 g/mol. The fourth-order valence-corrected chi connectivity index (χ4v) is 2.65. The molecule has 0 spiro atoms. The van der Waals surface area contributed by atoms with Gasteiger partial charge in [0.05, 0.1) is 0 Å². The summed E-state index contributed by atoms with van der Waals surface area (Å²) in [5, 5.41) is 2.91. The van der Waals surface area contributed by atoms with Crippen molar-refractivity contribution >= 4 is 5.91 Å². The minimum atomic E-state index is -0.458. The quantitative estimate of drug-likeness (QED) is 0.871. The standard InChI is InChI=1S/C17H26N2O2/c1-13(17(20)18-11-12-19(2)3)21-16-10-6-8-14-7-4-5-9-15(14)16/h6,8,10,13H,4-5,7,9,11-12H2,1-3H3,(H,18,20)/t13-/m1/s1. The van der Waals surface area contributed by atoms with E-state index < -0.39 is 6.10 Å². The summed E-state index contributed by atoms with van der Waals surface area (Å²) in [6, 6.07) is 6.17. The van der Waals surface area contributed by atoms with Crippen LogP contribution in [-0.2, 0) is 17.6 Å². The predicted molar refractivity (Wildman–Crippen MR) is 84.7 cm³/mol. The molecular formula is C17H26N2O2. The Morgan fingerprint density at radius 3 is 2.86 bits per heavy atom. The van der Waals surface area contributed by atoms with Gasteiger partial charge in [-0.2, -0.15) is 0 Å². The summed E-state index contributed by atoms with van der Waals surface area (Å²) < 4.78 is 5.91. The van der Waals surface area contributed by atoms with Gasteiger partial charge in [-0.15, -0.1) is 0 Å². The molecule has 0 radical (unpaired) electrons. The number of hydrogen-bond donors (Lipinski definition) is 1. The summed E-state index contributed by atoms with van der Waals surface area (Å²) in [4.78, 5) is 14.1. The lowest BCUT2D eigenvalue weighted by atomic mass is 9.91. The van der Waals surface area contributed by atoms with Gasteiger partial charge in [0.2, 0.25) is 0 Å². The second kappa shape index (κ2) is 7.46. The van der Waals surface area contributed by atoms with E-state index in [2.05, 4.69) is 11.4 Å². The molecule has 0 aromatic heterocycles. The van der Waals surface area contributed by atoms with Gasteiger partial charge in [0.1, 0.15) is 5.75 Å². The van der Waals surface area contributed by atoms with Crippen LogP contribution in [0.2, 0.25) is 0 Å². The van der Waals surface area contributed by atoms with Crippen LogP contribution in [0.5, 0.6) is 5.75 Å². The summed E-state index contributed by atoms with van der Waals surface area (Å²) in [5.41, 5.74) is 2.66. The predicted octanol–water partition coefficient (Wildman–Crippen LogP) is 2.01. The SMILES string of the molecule is C[C@@H](Oc1cccc2c1CCCC2)C(=O)NCCN(C)C. The lowest BCUT2D eigenvalue weighted by molar-refractivity contribution is -0.127. The molecule has 0 heterocycles. The third kappa shape index (κ3) is 4.46. The Morgan fingerprint density at radius 2 is 2.10 bits per heavy atom. The number of nitrogens with one attached hydrogen (secondary N) is 1. The maximum atomic E-state index is 12.0. The summed E-state index contributed by atoms with van der Waals surface area (Å²) in [6.45, 7) is 3.29. The van der Waals surface area contributed by atoms with Crippen LogP contribution in [0.1, 0.15) is 30.9 Å². The second-order valence-electron chi connectivity index (χ2n) is 5.96. The number of amides is 1. The lowest BCUT2D eigenvalue weighted by Crippen LogP contribution is -2.39. The molecule has 0 bridgehead atoms. The smallest absolute Gasteiger partial charge is 0.260 e. The third-order valence-electron chi connectivity index (χ3n) is 3.88. The monoisotopic (exact) mass is 290 g/mol. The van der Waals surface area contributed by atoms with Crippen LogP contribution in [0, 0.1) is 0 Å². The molecule has 4 nitrogen and oxygen atoms in total. The van der Waals surface area contributed by atoms with E-state index >= 15 is 0 Å². The Kier molecular flexibility index (Phi) is 5.62. The summed E-state index contributed by atoms with van der Waals surface area (Å²) in [6.07, 6.45) is 4.17. The first kappa shape index (κ1) is 15.8. The van der Waals surface area contributed by atoms with Crippen molar-refractivity contribution in [1.29, 1.82) is 0 Å². The van der Waals surface area contributed by atoms with Crippen molar-refractivity contribution in [1.82, 2.24) is 10.2 Å². The molecule has 0 unspecified atom stereocenters. The van der Waals surface area contributed by atoms with Crippen LogP contribution in [0.3, 0.4) is 0 Å². The Hall–Kier alpha value is -1.55. The molecule has 0 aliphatic heterocycles. The van der Waals surface area contributed by atoms with Crippen molar-refractivity contribution < 1.29 is 9.53 Å². The molecule has 1 amide bonds. The highest BCUT2D eigenvalue weighted by molar-refractivity contribution is 5.80. The van der Waals surface area contributed by atoms with Crippen molar-refractivity contribution in [3.8, 4) is 5.75 Å². The van der Waals surface area contributed by atoms with E-state index in [1.165, 1.54) is 24.0 Å². The third-order valence-corrected chi connectivity index (χ3v) is 3.88. The maximum Gasteiger partial charge on any atom is 0.260 e. The zero-order valence-electron chi connectivity index (χ0n) is 13.3. The number of aryl methyl sites for hydroxylation is 1. The minimum absolute atomic E-state index is 0.0507. The Balaban J connectivity index is 1.93. The van der Waals surface area contributed by atoms with Gasteiger partial charge < -0.3 is 15.0 Å². The fourth-order valence-electron chi connectivity index (χ4n) is 2.65. The molecule has 1 aliphatic rings. The molecule has 1 N–H and O–H groups in total. The van der Waals surface area contributed by atoms with E-state index in [-0.39, 0.29) is 5.91 Å². The number of carbonyl (C=O) groups excluding carboxylic acids is 1. The summed E-state index contributed by atoms with van der Waals surface area (Å²) >= 11 is 0. The largest absolute Gasteiger partial charge is 0.481 e. The van der Waals surface area contributed by atoms with Crippen LogP contribution in [0.15, 0.2) is 18.2 Å². The number of rotatable bonds is 6. The van der Waals surface area contributed by atoms with Crippen molar-refractivity contribution in [2.45, 2.75) is 38.7 Å². The van der Waals surface area contributed by atoms with Crippen LogP contribution in [-0.4, -0.2) is 44.1 Å². The van der Waals surface area contributed by atoms with E-state index in [0.717, 1.165) is 25.1 Å². The van der Waals surface area contributed by atoms with Gasteiger partial charge in [-0.3, -0.25) is 4.79 Å². The van der Waals surface area contributed by atoms with Crippen molar-refractivity contribution in [2.75, 3.05) is 27.2 Å². The average Bonchev–Trinajstić information content (AvgIpc) is 2.47. The van der Waals surface area contributed by atoms with E-state index in [1.807, 2.05) is 38.1 Å². The van der Waals surface area contributed by atoms with E-state index in [4.69, 9.17) is 4.74 Å². The molecule has 1 aromatic rings. The van der Waals surface area contributed by atoms with Crippen molar-refractivity contribution in [2.24, 2.45) is 0 Å². The van der Waals surface area contributed by atoms with Crippen molar-refractivity contribution in [3.05, 3.63) is 29.3 Å². The summed E-state index contributed by atoms with van der Waals surface area (Å²) in [7, 11) is 3.98. The summed E-state index contributed by atoms with van der Waals surface area (Å²) in [5.74, 6) is 0.827. The number of carbonyl (C=O) groups is 1. The number of nitrogens with zero attached hydrogens (tertiary/aromatic N) is 1. The normalized spacial score (nSPS) is 15.4. The molecule has 4 heteroatoms. The molecule has 1 aliphatic carbocycles. The zero-order valence-corrected chi connectivity index (χ0v) is 13.3. The number of likely N-dealkylation sites (N-methyl/N-ethyl adjacent to an activating group) is 1. The molecule has 116 valence electrons. The lowest BCUT2D eigenvalue weighted by Gasteiger charge is -2.22. The van der Waals surface area contributed by atoms with Crippen LogP contribution in [0.4, 0.5) is 0 Å². The van der Waals surface area contributed by atoms with Gasteiger partial charge in [-0.1, -0.05) is 12.1 Å². The molecule has 1 atom stereocenters. The van der Waals surface area contributed by atoms with Gasteiger partial charge in [-0.25, -0.2) is 0 Å². The topological polar surface area (TPSA) is 41.6 Å². The van der Waals surface area contributed by atoms with Gasteiger partial charge in [0.15, 0.2) is 6.10 Å². The first-order valence-electron chi connectivity index (χ1n) is 7.78. The zero-order chi connectivity index (χ0) is 15.2. The number of fused-ring (bicyclic) bond motifs is 1. The van der Waals surface area contributed by atoms with E-state index in [1.54, 1.807) is 0 Å². The highest BCUT2D eigenvalue weighted by Gasteiger charge is 2.19. The highest BCUT2D eigenvalue weighted by atomic mass is 16.5. The minimum Gasteiger partial charge on any atom is -0.481 e. The Morgan fingerprint density at radius 1 is 1.33 bits per heavy atom. The highest BCUT2D eigenvalue weighted by Crippen LogP contribution is 2.30. The number of ether oxygens (including phenoxy) is 1. The Bertz CT molecular complexity index is 486. The molecule has 21 heavy (non-hydrogen) atoms. The molecule has 0 saturated carbocycles. The van der Waals surface area contributed by atoms with Gasteiger partial charge in [0, 0.05) is 13.1 Å². The molecule has 0 fully saturated rings. The molecule has 1 aromatic carbocycles. The number of benzene rings is 1. The van der Waals surface area contributed by atoms with Crippen LogP contribution in [0.25, 0.3) is 0 Å². The van der Waals surface area contributed by atoms with E-state index in [9.17, 15) is 4.79 Å². The Labute approximate surface area is 127 Å². The van der Waals surface area contributed by atoms with Crippen LogP contribution >= 0.6 is 0 Å². The molecule has 0 saturated heterocycles. The first-order chi connectivity index (χ1) is 10.1.